The molecule has 1 heterocycles. The number of nitrogens with zero attached hydrogens (tertiary/aromatic N) is 3. The van der Waals surface area contributed by atoms with E-state index in [1.807, 2.05) is 93.0 Å². The number of nitrogens with two attached hydrogens (primary N) is 1. The number of carbonyl (C=O) groups excluding carboxylic acids is 1. The molecule has 0 saturated heterocycles. The Morgan fingerprint density at radius 1 is 0.923 bits per heavy atom. The van der Waals surface area contributed by atoms with Crippen LogP contribution in [0.5, 0.6) is 0 Å². The quantitative estimate of drug-likeness (QED) is 0.192. The molecule has 196 valence electrons. The van der Waals surface area contributed by atoms with Gasteiger partial charge in [-0.3, -0.25) is 4.79 Å². The lowest BCUT2D eigenvalue weighted by atomic mass is 10.1. The number of amides is 1. The van der Waals surface area contributed by atoms with E-state index in [9.17, 15) is 4.79 Å². The van der Waals surface area contributed by atoms with Gasteiger partial charge in [0.2, 0.25) is 5.95 Å². The van der Waals surface area contributed by atoms with Crippen LogP contribution in [-0.2, 0) is 13.1 Å². The zero-order chi connectivity index (χ0) is 27.4. The second-order valence-electron chi connectivity index (χ2n) is 9.48. The maximum atomic E-state index is 13.1. The lowest BCUT2D eigenvalue weighted by Gasteiger charge is -2.15. The zero-order valence-corrected chi connectivity index (χ0v) is 23.4. The molecule has 4 aromatic carbocycles. The summed E-state index contributed by atoms with van der Waals surface area (Å²) in [7, 11) is 4.02. The molecule has 5 aromatic rings. The Kier molecular flexibility index (Phi) is 7.97. The number of anilines is 3. The summed E-state index contributed by atoms with van der Waals surface area (Å²) < 4.78 is 0.959. The first-order valence-corrected chi connectivity index (χ1v) is 13.4. The first kappa shape index (κ1) is 26.5. The van der Waals surface area contributed by atoms with Gasteiger partial charge in [-0.15, -0.1) is 0 Å². The standard InChI is InChI=1S/C31H29BrN6O/c1-38(2)19-20-11-12-22(18-33)28(17-20)35-30(39)21-13-15-23(16-14-21)34-31-36-27-10-6-4-8-25(27)29(37-31)24-7-3-5-9-26(24)32/h3-17H,18-19,33H2,1-2H3,(H,35,39)(H,34,36,37). The molecule has 0 atom stereocenters. The van der Waals surface area contributed by atoms with Gasteiger partial charge in [-0.2, -0.15) is 0 Å². The monoisotopic (exact) mass is 580 g/mol. The molecule has 39 heavy (non-hydrogen) atoms. The molecule has 0 saturated carbocycles. The van der Waals surface area contributed by atoms with Gasteiger partial charge in [0.15, 0.2) is 0 Å². The van der Waals surface area contributed by atoms with Crippen molar-refractivity contribution in [1.29, 1.82) is 0 Å². The summed E-state index contributed by atoms with van der Waals surface area (Å²) in [6, 6.07) is 29.2. The van der Waals surface area contributed by atoms with Crippen molar-refractivity contribution < 1.29 is 4.79 Å². The molecule has 0 radical (unpaired) electrons. The van der Waals surface area contributed by atoms with Crippen LogP contribution in [0.4, 0.5) is 17.3 Å². The van der Waals surface area contributed by atoms with Crippen LogP contribution in [0.2, 0.25) is 0 Å². The van der Waals surface area contributed by atoms with E-state index in [1.165, 1.54) is 0 Å². The smallest absolute Gasteiger partial charge is 0.255 e. The van der Waals surface area contributed by atoms with E-state index >= 15 is 0 Å². The summed E-state index contributed by atoms with van der Waals surface area (Å²) in [4.78, 5) is 24.7. The number of aromatic nitrogens is 2. The summed E-state index contributed by atoms with van der Waals surface area (Å²) >= 11 is 3.65. The Bertz CT molecular complexity index is 1630. The Labute approximate surface area is 236 Å². The number of benzene rings is 4. The summed E-state index contributed by atoms with van der Waals surface area (Å²) in [5.74, 6) is 0.276. The van der Waals surface area contributed by atoms with Gasteiger partial charge in [-0.05, 0) is 67.7 Å². The topological polar surface area (TPSA) is 96.2 Å². The van der Waals surface area contributed by atoms with Crippen LogP contribution >= 0.6 is 15.9 Å². The third-order valence-electron chi connectivity index (χ3n) is 6.28. The zero-order valence-electron chi connectivity index (χ0n) is 21.8. The Morgan fingerprint density at radius 3 is 2.41 bits per heavy atom. The van der Waals surface area contributed by atoms with Crippen LogP contribution in [0.3, 0.4) is 0 Å². The molecule has 0 aliphatic rings. The highest BCUT2D eigenvalue weighted by Crippen LogP contribution is 2.33. The van der Waals surface area contributed by atoms with Crippen LogP contribution in [0.1, 0.15) is 21.5 Å². The summed E-state index contributed by atoms with van der Waals surface area (Å²) in [5, 5.41) is 7.29. The van der Waals surface area contributed by atoms with Crippen molar-refractivity contribution in [3.05, 3.63) is 112 Å². The second-order valence-corrected chi connectivity index (χ2v) is 10.3. The number of halogens is 1. The fourth-order valence-corrected chi connectivity index (χ4v) is 4.87. The van der Waals surface area contributed by atoms with Crippen molar-refractivity contribution in [3.8, 4) is 11.3 Å². The molecule has 0 fully saturated rings. The Hall–Kier alpha value is -4.11. The molecular formula is C31H29BrN6O. The lowest BCUT2D eigenvalue weighted by molar-refractivity contribution is 0.102. The molecule has 1 amide bonds. The van der Waals surface area contributed by atoms with Gasteiger partial charge in [0.25, 0.3) is 5.91 Å². The van der Waals surface area contributed by atoms with E-state index < -0.39 is 0 Å². The summed E-state index contributed by atoms with van der Waals surface area (Å²) in [6.07, 6.45) is 0. The SMILES string of the molecule is CN(C)Cc1ccc(CN)c(NC(=O)c2ccc(Nc3nc(-c4ccccc4Br)c4ccccc4n3)cc2)c1. The predicted octanol–water partition coefficient (Wildman–Crippen LogP) is 6.58. The van der Waals surface area contributed by atoms with E-state index in [-0.39, 0.29) is 5.91 Å². The molecule has 0 aliphatic carbocycles. The maximum absolute atomic E-state index is 13.1. The lowest BCUT2D eigenvalue weighted by Crippen LogP contribution is -2.16. The van der Waals surface area contributed by atoms with Gasteiger partial charge in [-0.1, -0.05) is 64.5 Å². The van der Waals surface area contributed by atoms with E-state index in [4.69, 9.17) is 15.7 Å². The molecule has 7 nitrogen and oxygen atoms in total. The minimum Gasteiger partial charge on any atom is -0.326 e. The minimum absolute atomic E-state index is 0.198. The van der Waals surface area contributed by atoms with Gasteiger partial charge in [0.1, 0.15) is 0 Å². The molecule has 5 rings (SSSR count). The molecule has 0 aliphatic heterocycles. The van der Waals surface area contributed by atoms with Gasteiger partial charge >= 0.3 is 0 Å². The summed E-state index contributed by atoms with van der Waals surface area (Å²) in [5.41, 5.74) is 12.6. The average Bonchev–Trinajstić information content (AvgIpc) is 2.93. The third kappa shape index (κ3) is 6.15. The number of carbonyl (C=O) groups is 1. The van der Waals surface area contributed by atoms with E-state index in [2.05, 4.69) is 31.5 Å². The number of rotatable bonds is 8. The Balaban J connectivity index is 1.37. The van der Waals surface area contributed by atoms with Crippen molar-refractivity contribution in [2.45, 2.75) is 13.1 Å². The van der Waals surface area contributed by atoms with Crippen LogP contribution in [-0.4, -0.2) is 34.9 Å². The highest BCUT2D eigenvalue weighted by Gasteiger charge is 2.14. The molecule has 0 spiro atoms. The number of fused-ring (bicyclic) bond motifs is 1. The maximum Gasteiger partial charge on any atom is 0.255 e. The van der Waals surface area contributed by atoms with Crippen molar-refractivity contribution >= 4 is 50.1 Å². The van der Waals surface area contributed by atoms with Gasteiger partial charge in [-0.25, -0.2) is 9.97 Å². The number of nitrogens with one attached hydrogen (secondary N) is 2. The minimum atomic E-state index is -0.198. The van der Waals surface area contributed by atoms with Crippen molar-refractivity contribution in [1.82, 2.24) is 14.9 Å². The average molecular weight is 582 g/mol. The molecule has 1 aromatic heterocycles. The molecule has 0 bridgehead atoms. The number of hydrogen-bond acceptors (Lipinski definition) is 6. The highest BCUT2D eigenvalue weighted by atomic mass is 79.9. The third-order valence-corrected chi connectivity index (χ3v) is 6.97. The van der Waals surface area contributed by atoms with Gasteiger partial charge in [0.05, 0.1) is 11.2 Å². The normalized spacial score (nSPS) is 11.1. The first-order chi connectivity index (χ1) is 18.9. The van der Waals surface area contributed by atoms with E-state index in [0.29, 0.717) is 18.1 Å². The first-order valence-electron chi connectivity index (χ1n) is 12.6. The molecule has 8 heteroatoms. The predicted molar refractivity (Wildman–Crippen MR) is 162 cm³/mol. The second kappa shape index (κ2) is 11.7. The summed E-state index contributed by atoms with van der Waals surface area (Å²) in [6.45, 7) is 1.11. The van der Waals surface area contributed by atoms with E-state index in [0.717, 1.165) is 55.7 Å². The van der Waals surface area contributed by atoms with Crippen molar-refractivity contribution in [2.24, 2.45) is 5.73 Å². The number of para-hydroxylation sites is 1. The van der Waals surface area contributed by atoms with Crippen LogP contribution in [0.25, 0.3) is 22.2 Å². The fourth-order valence-electron chi connectivity index (χ4n) is 4.40. The Morgan fingerprint density at radius 2 is 1.67 bits per heavy atom. The molecule has 0 unspecified atom stereocenters. The number of hydrogen-bond donors (Lipinski definition) is 3. The largest absolute Gasteiger partial charge is 0.326 e. The van der Waals surface area contributed by atoms with Crippen LogP contribution in [0.15, 0.2) is 95.5 Å². The van der Waals surface area contributed by atoms with Crippen molar-refractivity contribution in [2.75, 3.05) is 24.7 Å². The fraction of sp³-hybridized carbons (Fsp3) is 0.129. The molecular weight excluding hydrogens is 552 g/mol. The molecule has 4 N–H and O–H groups in total. The van der Waals surface area contributed by atoms with Gasteiger partial charge in [0, 0.05) is 45.5 Å². The highest BCUT2D eigenvalue weighted by molar-refractivity contribution is 9.10. The van der Waals surface area contributed by atoms with Gasteiger partial charge < -0.3 is 21.3 Å². The van der Waals surface area contributed by atoms with Crippen LogP contribution < -0.4 is 16.4 Å². The van der Waals surface area contributed by atoms with Crippen LogP contribution in [0, 0.1) is 0 Å². The van der Waals surface area contributed by atoms with Crippen molar-refractivity contribution in [3.63, 3.8) is 0 Å². The van der Waals surface area contributed by atoms with E-state index in [1.54, 1.807) is 12.1 Å².